The topological polar surface area (TPSA) is 88.4 Å². The Balaban J connectivity index is 1.53. The van der Waals surface area contributed by atoms with Gasteiger partial charge in [0.25, 0.3) is 0 Å². The Labute approximate surface area is 191 Å². The molecule has 4 rings (SSSR count). The number of benzene rings is 4. The van der Waals surface area contributed by atoms with Crippen LogP contribution in [0.5, 0.6) is 34.5 Å². The van der Waals surface area contributed by atoms with Crippen molar-refractivity contribution in [1.82, 2.24) is 0 Å². The summed E-state index contributed by atoms with van der Waals surface area (Å²) in [4.78, 5) is 0. The highest BCUT2D eigenvalue weighted by Gasteiger charge is 2.14. The highest BCUT2D eigenvalue weighted by Crippen LogP contribution is 2.39. The third kappa shape index (κ3) is 6.11. The van der Waals surface area contributed by atoms with Gasteiger partial charge in [0.15, 0.2) is 11.5 Å². The Morgan fingerprint density at radius 3 is 1.12 bits per heavy atom. The van der Waals surface area contributed by atoms with Gasteiger partial charge in [0.1, 0.15) is 37.1 Å². The summed E-state index contributed by atoms with van der Waals surface area (Å²) in [5.41, 5.74) is 2.67. The fourth-order valence-corrected chi connectivity index (χ4v) is 3.12. The van der Waals surface area contributed by atoms with Crippen LogP contribution in [0.4, 0.5) is 0 Å². The lowest BCUT2D eigenvalue weighted by atomic mass is 10.2. The minimum atomic E-state index is 0.189. The van der Waals surface area contributed by atoms with E-state index in [1.54, 1.807) is 84.9 Å². The minimum absolute atomic E-state index is 0.189. The predicted octanol–water partition coefficient (Wildman–Crippen LogP) is 5.54. The van der Waals surface area contributed by atoms with Crippen LogP contribution in [0.2, 0.25) is 0 Å². The average molecular weight is 444 g/mol. The molecule has 6 heteroatoms. The number of para-hydroxylation sites is 1. The molecule has 3 N–H and O–H groups in total. The van der Waals surface area contributed by atoms with Crippen molar-refractivity contribution in [2.24, 2.45) is 0 Å². The molecule has 0 atom stereocenters. The first-order valence-corrected chi connectivity index (χ1v) is 10.4. The Morgan fingerprint density at radius 1 is 0.424 bits per heavy atom. The standard InChI is InChI=1S/C27H24O6/c28-22-10-4-19(5-11-22)16-31-25-2-1-3-26(32-17-20-6-12-23(29)13-7-20)27(25)33-18-21-8-14-24(30)15-9-21/h1-15,28-30H,16-18H2. The predicted molar refractivity (Wildman–Crippen MR) is 124 cm³/mol. The van der Waals surface area contributed by atoms with Crippen LogP contribution in [0.3, 0.4) is 0 Å². The van der Waals surface area contributed by atoms with Crippen LogP contribution in [0, 0.1) is 0 Å². The van der Waals surface area contributed by atoms with E-state index in [-0.39, 0.29) is 37.1 Å². The first-order chi connectivity index (χ1) is 16.1. The Bertz CT molecular complexity index is 1100. The number of hydrogen-bond donors (Lipinski definition) is 3. The molecule has 33 heavy (non-hydrogen) atoms. The molecule has 0 aliphatic carbocycles. The molecule has 0 spiro atoms. The molecule has 0 amide bonds. The van der Waals surface area contributed by atoms with Crippen LogP contribution in [-0.2, 0) is 19.8 Å². The fourth-order valence-electron chi connectivity index (χ4n) is 3.12. The van der Waals surface area contributed by atoms with E-state index < -0.39 is 0 Å². The Kier molecular flexibility index (Phi) is 6.85. The van der Waals surface area contributed by atoms with Crippen LogP contribution in [-0.4, -0.2) is 15.3 Å². The van der Waals surface area contributed by atoms with Gasteiger partial charge in [0.2, 0.25) is 5.75 Å². The van der Waals surface area contributed by atoms with Crippen molar-refractivity contribution in [3.05, 3.63) is 108 Å². The smallest absolute Gasteiger partial charge is 0.203 e. The summed E-state index contributed by atoms with van der Waals surface area (Å²) >= 11 is 0. The van der Waals surface area contributed by atoms with Gasteiger partial charge in [-0.1, -0.05) is 42.5 Å². The van der Waals surface area contributed by atoms with E-state index in [9.17, 15) is 15.3 Å². The van der Waals surface area contributed by atoms with Gasteiger partial charge in [-0.25, -0.2) is 0 Å². The van der Waals surface area contributed by atoms with E-state index in [4.69, 9.17) is 14.2 Å². The van der Waals surface area contributed by atoms with E-state index in [0.29, 0.717) is 17.2 Å². The Hall–Kier alpha value is -4.32. The molecule has 0 aromatic heterocycles. The van der Waals surface area contributed by atoms with Gasteiger partial charge >= 0.3 is 0 Å². The molecule has 0 radical (unpaired) electrons. The molecule has 4 aromatic carbocycles. The van der Waals surface area contributed by atoms with Gasteiger partial charge in [-0.05, 0) is 65.2 Å². The van der Waals surface area contributed by atoms with Crippen LogP contribution < -0.4 is 14.2 Å². The largest absolute Gasteiger partial charge is 0.508 e. The van der Waals surface area contributed by atoms with Crippen LogP contribution in [0.15, 0.2) is 91.0 Å². The highest BCUT2D eigenvalue weighted by atomic mass is 16.5. The van der Waals surface area contributed by atoms with Gasteiger partial charge in [0.05, 0.1) is 0 Å². The van der Waals surface area contributed by atoms with E-state index >= 15 is 0 Å². The molecule has 0 aliphatic heterocycles. The number of rotatable bonds is 9. The summed E-state index contributed by atoms with van der Waals surface area (Å²) in [5, 5.41) is 28.5. The summed E-state index contributed by atoms with van der Waals surface area (Å²) < 4.78 is 18.1. The second-order valence-corrected chi connectivity index (χ2v) is 7.45. The molecule has 0 saturated heterocycles. The Morgan fingerprint density at radius 2 is 0.758 bits per heavy atom. The molecule has 0 aliphatic rings. The average Bonchev–Trinajstić information content (AvgIpc) is 2.83. The molecular weight excluding hydrogens is 420 g/mol. The molecular formula is C27H24O6. The maximum absolute atomic E-state index is 9.51. The molecule has 0 bridgehead atoms. The first-order valence-electron chi connectivity index (χ1n) is 10.4. The first kappa shape index (κ1) is 21.9. The van der Waals surface area contributed by atoms with E-state index in [1.165, 1.54) is 0 Å². The third-order valence-electron chi connectivity index (χ3n) is 4.92. The van der Waals surface area contributed by atoms with Crippen molar-refractivity contribution in [3.8, 4) is 34.5 Å². The lowest BCUT2D eigenvalue weighted by molar-refractivity contribution is 0.230. The van der Waals surface area contributed by atoms with Crippen molar-refractivity contribution >= 4 is 0 Å². The van der Waals surface area contributed by atoms with Crippen molar-refractivity contribution in [3.63, 3.8) is 0 Å². The maximum Gasteiger partial charge on any atom is 0.203 e. The molecule has 0 fully saturated rings. The normalized spacial score (nSPS) is 10.5. The molecule has 0 heterocycles. The molecule has 4 aromatic rings. The second-order valence-electron chi connectivity index (χ2n) is 7.45. The fraction of sp³-hybridized carbons (Fsp3) is 0.111. The highest BCUT2D eigenvalue weighted by molar-refractivity contribution is 5.51. The third-order valence-corrected chi connectivity index (χ3v) is 4.92. The number of aromatic hydroxyl groups is 3. The van der Waals surface area contributed by atoms with Crippen LogP contribution in [0.25, 0.3) is 0 Å². The van der Waals surface area contributed by atoms with E-state index in [1.807, 2.05) is 6.07 Å². The summed E-state index contributed by atoms with van der Waals surface area (Å²) in [5.74, 6) is 2.08. The second kappa shape index (κ2) is 10.3. The zero-order valence-electron chi connectivity index (χ0n) is 17.8. The number of ether oxygens (including phenoxy) is 3. The summed E-state index contributed by atoms with van der Waals surface area (Å²) in [6, 6.07) is 25.8. The monoisotopic (exact) mass is 444 g/mol. The molecule has 6 nitrogen and oxygen atoms in total. The zero-order valence-corrected chi connectivity index (χ0v) is 17.8. The minimum Gasteiger partial charge on any atom is -0.508 e. The summed E-state index contributed by atoms with van der Waals surface area (Å²) in [6.07, 6.45) is 0. The SMILES string of the molecule is Oc1ccc(COc2cccc(OCc3ccc(O)cc3)c2OCc2ccc(O)cc2)cc1. The molecule has 0 saturated carbocycles. The number of phenols is 3. The summed E-state index contributed by atoms with van der Waals surface area (Å²) in [6.45, 7) is 0.837. The van der Waals surface area contributed by atoms with Crippen molar-refractivity contribution < 1.29 is 29.5 Å². The lowest BCUT2D eigenvalue weighted by Gasteiger charge is -2.17. The van der Waals surface area contributed by atoms with Crippen LogP contribution in [0.1, 0.15) is 16.7 Å². The van der Waals surface area contributed by atoms with Gasteiger partial charge in [-0.15, -0.1) is 0 Å². The number of phenolic OH excluding ortho intramolecular Hbond substituents is 3. The quantitative estimate of drug-likeness (QED) is 0.314. The molecule has 168 valence electrons. The van der Waals surface area contributed by atoms with Gasteiger partial charge < -0.3 is 29.5 Å². The van der Waals surface area contributed by atoms with Gasteiger partial charge in [-0.3, -0.25) is 0 Å². The van der Waals surface area contributed by atoms with Crippen molar-refractivity contribution in [1.29, 1.82) is 0 Å². The lowest BCUT2D eigenvalue weighted by Crippen LogP contribution is -2.04. The van der Waals surface area contributed by atoms with Crippen molar-refractivity contribution in [2.75, 3.05) is 0 Å². The molecule has 0 unspecified atom stereocenters. The number of hydrogen-bond acceptors (Lipinski definition) is 6. The maximum atomic E-state index is 9.51. The van der Waals surface area contributed by atoms with E-state index in [2.05, 4.69) is 0 Å². The van der Waals surface area contributed by atoms with Crippen molar-refractivity contribution in [2.45, 2.75) is 19.8 Å². The van der Waals surface area contributed by atoms with Crippen LogP contribution >= 0.6 is 0 Å². The van der Waals surface area contributed by atoms with Gasteiger partial charge in [-0.2, -0.15) is 0 Å². The van der Waals surface area contributed by atoms with Gasteiger partial charge in [0, 0.05) is 0 Å². The zero-order chi connectivity index (χ0) is 23.0. The van der Waals surface area contributed by atoms with E-state index in [0.717, 1.165) is 16.7 Å². The summed E-state index contributed by atoms with van der Waals surface area (Å²) in [7, 11) is 0.